The largest absolute Gasteiger partial charge is 0.485 e. The van der Waals surface area contributed by atoms with Gasteiger partial charge in [-0.2, -0.15) is 0 Å². The lowest BCUT2D eigenvalue weighted by molar-refractivity contribution is -0.123. The average molecular weight is 470 g/mol. The maximum absolute atomic E-state index is 14.4. The van der Waals surface area contributed by atoms with Crippen molar-refractivity contribution >= 4 is 12.3 Å². The third kappa shape index (κ3) is 6.72. The van der Waals surface area contributed by atoms with Gasteiger partial charge < -0.3 is 19.9 Å². The molecule has 0 unspecified atom stereocenters. The molecule has 3 aliphatic rings. The minimum absolute atomic E-state index is 0.0394. The molecule has 7 heteroatoms. The molecule has 0 aromatic heterocycles. The number of carbonyl (C=O) groups excluding carboxylic acids is 2. The molecule has 1 saturated heterocycles. The lowest BCUT2D eigenvalue weighted by Gasteiger charge is -2.40. The molecule has 2 amide bonds. The van der Waals surface area contributed by atoms with Crippen LogP contribution in [0.1, 0.15) is 50.7 Å². The summed E-state index contributed by atoms with van der Waals surface area (Å²) < 4.78 is 21.0. The summed E-state index contributed by atoms with van der Waals surface area (Å²) in [6.45, 7) is 8.87. The fourth-order valence-electron chi connectivity index (χ4n) is 4.52. The van der Waals surface area contributed by atoms with Gasteiger partial charge in [0.2, 0.25) is 12.3 Å². The number of likely N-dealkylation sites (tertiary alicyclic amines) is 1. The summed E-state index contributed by atoms with van der Waals surface area (Å²) >= 11 is 0. The Hall–Kier alpha value is -3.09. The molecule has 34 heavy (non-hydrogen) atoms. The van der Waals surface area contributed by atoms with E-state index in [-0.39, 0.29) is 17.3 Å². The number of nitrogens with zero attached hydrogens (tertiary/aromatic N) is 2. The quantitative estimate of drug-likeness (QED) is 0.671. The highest BCUT2D eigenvalue weighted by atomic mass is 19.1. The van der Waals surface area contributed by atoms with E-state index in [0.29, 0.717) is 12.1 Å². The number of amides is 2. The Balaban J connectivity index is 0.000000481. The van der Waals surface area contributed by atoms with E-state index >= 15 is 0 Å². The molecule has 2 aliphatic heterocycles. The SMILES string of the molecule is CCNC(C)=O.Cc1ccc(F)c(CN2CCC3(CCN(C=O)CC3)OC3=C2C=CCC=C3)c1. The number of rotatable bonds is 4. The van der Waals surface area contributed by atoms with Crippen molar-refractivity contribution in [3.05, 3.63) is 70.9 Å². The van der Waals surface area contributed by atoms with E-state index in [1.807, 2.05) is 30.9 Å². The van der Waals surface area contributed by atoms with Gasteiger partial charge in [-0.25, -0.2) is 4.39 Å². The monoisotopic (exact) mass is 469 g/mol. The zero-order valence-corrected chi connectivity index (χ0v) is 20.5. The minimum Gasteiger partial charge on any atom is -0.485 e. The number of benzene rings is 1. The molecule has 0 bridgehead atoms. The van der Waals surface area contributed by atoms with E-state index in [1.54, 1.807) is 12.1 Å². The molecule has 1 aromatic rings. The van der Waals surface area contributed by atoms with E-state index < -0.39 is 0 Å². The summed E-state index contributed by atoms with van der Waals surface area (Å²) in [5.41, 5.74) is 2.53. The summed E-state index contributed by atoms with van der Waals surface area (Å²) in [5, 5.41) is 2.57. The number of piperidine rings is 1. The van der Waals surface area contributed by atoms with Crippen molar-refractivity contribution in [1.29, 1.82) is 0 Å². The Labute approximate surface area is 202 Å². The highest BCUT2D eigenvalue weighted by Gasteiger charge is 2.39. The van der Waals surface area contributed by atoms with E-state index in [4.69, 9.17) is 4.74 Å². The molecule has 1 aromatic carbocycles. The maximum Gasteiger partial charge on any atom is 0.216 e. The number of aryl methyl sites for hydroxylation is 1. The predicted octanol–water partition coefficient (Wildman–Crippen LogP) is 4.22. The molecule has 1 fully saturated rings. The molecule has 0 atom stereocenters. The van der Waals surface area contributed by atoms with Crippen molar-refractivity contribution in [1.82, 2.24) is 15.1 Å². The standard InChI is InChI=1S/C23H27FN2O2.C4H9NO/c1-18-7-8-20(24)19(15-18)16-26-14-11-23(9-12-25(17-27)13-10-23)28-22-6-4-2-3-5-21(22)26;1-3-5-4(2)6/h3-8,15,17H,2,9-14,16H2,1H3;3H2,1-2H3,(H,5,6). The second kappa shape index (κ2) is 11.9. The van der Waals surface area contributed by atoms with E-state index in [0.717, 1.165) is 75.3 Å². The minimum atomic E-state index is -0.261. The Morgan fingerprint density at radius 2 is 1.88 bits per heavy atom. The van der Waals surface area contributed by atoms with Gasteiger partial charge in [0.25, 0.3) is 0 Å². The number of hydrogen-bond donors (Lipinski definition) is 1. The number of halogens is 1. The van der Waals surface area contributed by atoms with Crippen LogP contribution in [0.2, 0.25) is 0 Å². The third-order valence-corrected chi connectivity index (χ3v) is 6.42. The summed E-state index contributed by atoms with van der Waals surface area (Å²) in [6.07, 6.45) is 12.7. The molecular formula is C27H36FN3O3. The number of carbonyl (C=O) groups is 2. The molecule has 1 N–H and O–H groups in total. The van der Waals surface area contributed by atoms with Crippen molar-refractivity contribution < 1.29 is 18.7 Å². The molecule has 1 spiro atoms. The molecule has 2 heterocycles. The normalized spacial score (nSPS) is 18.8. The summed E-state index contributed by atoms with van der Waals surface area (Å²) in [7, 11) is 0. The van der Waals surface area contributed by atoms with Crippen LogP contribution in [0.5, 0.6) is 0 Å². The van der Waals surface area contributed by atoms with Crippen molar-refractivity contribution in [3.8, 4) is 0 Å². The zero-order chi connectivity index (χ0) is 24.6. The first-order valence-corrected chi connectivity index (χ1v) is 12.1. The van der Waals surface area contributed by atoms with Crippen molar-refractivity contribution in [2.24, 2.45) is 0 Å². The van der Waals surface area contributed by atoms with Crippen molar-refractivity contribution in [2.45, 2.75) is 58.6 Å². The molecule has 1 aliphatic carbocycles. The molecule has 0 saturated carbocycles. The maximum atomic E-state index is 14.4. The fourth-order valence-corrected chi connectivity index (χ4v) is 4.52. The number of nitrogens with one attached hydrogen (secondary N) is 1. The first-order valence-electron chi connectivity index (χ1n) is 12.1. The number of hydrogen-bond acceptors (Lipinski definition) is 4. The van der Waals surface area contributed by atoms with Crippen LogP contribution in [-0.4, -0.2) is 53.9 Å². The van der Waals surface area contributed by atoms with Crippen LogP contribution in [-0.2, 0) is 20.9 Å². The smallest absolute Gasteiger partial charge is 0.216 e. The Kier molecular flexibility index (Phi) is 8.91. The third-order valence-electron chi connectivity index (χ3n) is 6.42. The molecule has 6 nitrogen and oxygen atoms in total. The van der Waals surface area contributed by atoms with Crippen LogP contribution in [0.4, 0.5) is 4.39 Å². The predicted molar refractivity (Wildman–Crippen MR) is 131 cm³/mol. The van der Waals surface area contributed by atoms with Gasteiger partial charge in [-0.15, -0.1) is 0 Å². The molecule has 0 radical (unpaired) electrons. The van der Waals surface area contributed by atoms with Gasteiger partial charge >= 0.3 is 0 Å². The average Bonchev–Trinajstić information content (AvgIpc) is 3.11. The second-order valence-corrected chi connectivity index (χ2v) is 9.07. The Morgan fingerprint density at radius 3 is 2.53 bits per heavy atom. The van der Waals surface area contributed by atoms with Crippen LogP contribution < -0.4 is 5.32 Å². The van der Waals surface area contributed by atoms with Gasteiger partial charge in [0.05, 0.1) is 5.70 Å². The summed E-state index contributed by atoms with van der Waals surface area (Å²) in [4.78, 5) is 25.1. The zero-order valence-electron chi connectivity index (χ0n) is 20.5. The topological polar surface area (TPSA) is 61.9 Å². The first kappa shape index (κ1) is 25.5. The van der Waals surface area contributed by atoms with Gasteiger partial charge in [-0.05, 0) is 38.5 Å². The summed E-state index contributed by atoms with van der Waals surface area (Å²) in [5.74, 6) is 0.733. The lowest BCUT2D eigenvalue weighted by atomic mass is 9.88. The highest BCUT2D eigenvalue weighted by Crippen LogP contribution is 2.38. The van der Waals surface area contributed by atoms with Gasteiger partial charge in [0, 0.05) is 64.5 Å². The second-order valence-electron chi connectivity index (χ2n) is 9.07. The molecule has 4 rings (SSSR count). The van der Waals surface area contributed by atoms with Gasteiger partial charge in [-0.1, -0.05) is 29.8 Å². The number of ether oxygens (including phenoxy) is 1. The van der Waals surface area contributed by atoms with Crippen LogP contribution >= 0.6 is 0 Å². The molecule has 184 valence electrons. The van der Waals surface area contributed by atoms with Gasteiger partial charge in [-0.3, -0.25) is 9.59 Å². The molecular weight excluding hydrogens is 433 g/mol. The highest BCUT2D eigenvalue weighted by molar-refractivity contribution is 5.72. The van der Waals surface area contributed by atoms with Crippen LogP contribution in [0.3, 0.4) is 0 Å². The van der Waals surface area contributed by atoms with Crippen LogP contribution in [0, 0.1) is 12.7 Å². The fraction of sp³-hybridized carbons (Fsp3) is 0.481. The number of allylic oxidation sites excluding steroid dienone is 4. The first-order chi connectivity index (χ1) is 16.4. The van der Waals surface area contributed by atoms with Crippen LogP contribution in [0.15, 0.2) is 54.0 Å². The summed E-state index contributed by atoms with van der Waals surface area (Å²) in [6, 6.07) is 5.28. The van der Waals surface area contributed by atoms with E-state index in [2.05, 4.69) is 28.4 Å². The Bertz CT molecular complexity index is 962. The lowest BCUT2D eigenvalue weighted by Crippen LogP contribution is -2.46. The van der Waals surface area contributed by atoms with E-state index in [9.17, 15) is 14.0 Å². The van der Waals surface area contributed by atoms with Crippen molar-refractivity contribution in [2.75, 3.05) is 26.2 Å². The van der Waals surface area contributed by atoms with Gasteiger partial charge in [0.15, 0.2) is 0 Å². The Morgan fingerprint density at radius 1 is 1.18 bits per heavy atom. The van der Waals surface area contributed by atoms with E-state index in [1.165, 1.54) is 6.92 Å². The van der Waals surface area contributed by atoms with Gasteiger partial charge in [0.1, 0.15) is 17.2 Å². The van der Waals surface area contributed by atoms with Crippen LogP contribution in [0.25, 0.3) is 0 Å². The van der Waals surface area contributed by atoms with Crippen molar-refractivity contribution in [3.63, 3.8) is 0 Å².